The molecule has 1 aromatic heterocycles. The molecule has 0 fully saturated rings. The van der Waals surface area contributed by atoms with E-state index in [9.17, 15) is 0 Å². The van der Waals surface area contributed by atoms with Crippen molar-refractivity contribution in [3.63, 3.8) is 0 Å². The minimum Gasteiger partial charge on any atom is -0.338 e. The zero-order chi connectivity index (χ0) is 11.4. The molecule has 0 N–H and O–H groups in total. The Kier molecular flexibility index (Phi) is 4.27. The van der Waals surface area contributed by atoms with Crippen LogP contribution in [0.2, 0.25) is 0 Å². The molecule has 4 heteroatoms. The summed E-state index contributed by atoms with van der Waals surface area (Å²) in [5.41, 5.74) is 0. The molecule has 1 aromatic rings. The molecule has 0 amide bonds. The van der Waals surface area contributed by atoms with Gasteiger partial charge in [-0.05, 0) is 20.0 Å². The topological polar surface area (TPSA) is 42.2 Å². The molecule has 0 aliphatic carbocycles. The minimum atomic E-state index is 0.208. The van der Waals surface area contributed by atoms with Crippen LogP contribution in [-0.2, 0) is 0 Å². The van der Waals surface area contributed by atoms with Crippen molar-refractivity contribution < 1.29 is 4.52 Å². The van der Waals surface area contributed by atoms with E-state index in [1.165, 1.54) is 0 Å². The van der Waals surface area contributed by atoms with Gasteiger partial charge in [0.2, 0.25) is 5.89 Å². The van der Waals surface area contributed by atoms with E-state index in [1.807, 2.05) is 0 Å². The second-order valence-electron chi connectivity index (χ2n) is 4.04. The molecule has 1 atom stereocenters. The third kappa shape index (κ3) is 2.78. The molecule has 86 valence electrons. The molecule has 0 aliphatic rings. The van der Waals surface area contributed by atoms with Crippen LogP contribution in [0.25, 0.3) is 0 Å². The van der Waals surface area contributed by atoms with Crippen molar-refractivity contribution in [2.45, 2.75) is 46.6 Å². The van der Waals surface area contributed by atoms with Crippen LogP contribution in [0.5, 0.6) is 0 Å². The Morgan fingerprint density at radius 2 is 1.80 bits per heavy atom. The summed E-state index contributed by atoms with van der Waals surface area (Å²) in [6, 6.07) is 0.208. The SMILES string of the molecule is CCN(CC)C(C)c1nc(C(C)C)no1. The van der Waals surface area contributed by atoms with Crippen molar-refractivity contribution in [2.24, 2.45) is 0 Å². The molecule has 0 saturated heterocycles. The lowest BCUT2D eigenvalue weighted by atomic mass is 10.2. The second-order valence-corrected chi connectivity index (χ2v) is 4.04. The summed E-state index contributed by atoms with van der Waals surface area (Å²) in [7, 11) is 0. The van der Waals surface area contributed by atoms with Crippen molar-refractivity contribution in [2.75, 3.05) is 13.1 Å². The lowest BCUT2D eigenvalue weighted by Gasteiger charge is -2.22. The maximum absolute atomic E-state index is 5.27. The quantitative estimate of drug-likeness (QED) is 0.750. The Balaban J connectivity index is 2.77. The zero-order valence-electron chi connectivity index (χ0n) is 10.3. The van der Waals surface area contributed by atoms with Crippen LogP contribution < -0.4 is 0 Å². The van der Waals surface area contributed by atoms with Crippen molar-refractivity contribution >= 4 is 0 Å². The van der Waals surface area contributed by atoms with E-state index in [0.29, 0.717) is 5.92 Å². The highest BCUT2D eigenvalue weighted by Gasteiger charge is 2.19. The third-order valence-corrected chi connectivity index (χ3v) is 2.69. The van der Waals surface area contributed by atoms with Crippen LogP contribution >= 0.6 is 0 Å². The molecule has 0 bridgehead atoms. The largest absolute Gasteiger partial charge is 0.338 e. The highest BCUT2D eigenvalue weighted by molar-refractivity contribution is 4.95. The number of rotatable bonds is 5. The second kappa shape index (κ2) is 5.26. The Morgan fingerprint density at radius 1 is 1.20 bits per heavy atom. The average molecular weight is 211 g/mol. The molecule has 0 aliphatic heterocycles. The zero-order valence-corrected chi connectivity index (χ0v) is 10.3. The number of hydrogen-bond acceptors (Lipinski definition) is 4. The lowest BCUT2D eigenvalue weighted by molar-refractivity contribution is 0.189. The molecule has 1 heterocycles. The molecular weight excluding hydrogens is 190 g/mol. The normalized spacial score (nSPS) is 13.8. The van der Waals surface area contributed by atoms with Gasteiger partial charge in [-0.3, -0.25) is 4.90 Å². The molecule has 1 rings (SSSR count). The fourth-order valence-corrected chi connectivity index (χ4v) is 1.58. The standard InChI is InChI=1S/C11H21N3O/c1-6-14(7-2)9(5)11-12-10(8(3)4)13-15-11/h8-9H,6-7H2,1-5H3. The van der Waals surface area contributed by atoms with Gasteiger partial charge in [0.15, 0.2) is 5.82 Å². The Bertz CT molecular complexity index is 292. The van der Waals surface area contributed by atoms with E-state index in [2.05, 4.69) is 49.7 Å². The molecule has 0 spiro atoms. The van der Waals surface area contributed by atoms with E-state index in [-0.39, 0.29) is 6.04 Å². The summed E-state index contributed by atoms with van der Waals surface area (Å²) in [4.78, 5) is 6.70. The fourth-order valence-electron chi connectivity index (χ4n) is 1.58. The predicted molar refractivity (Wildman–Crippen MR) is 59.7 cm³/mol. The van der Waals surface area contributed by atoms with Crippen LogP contribution in [0, 0.1) is 0 Å². The molecule has 0 aromatic carbocycles. The van der Waals surface area contributed by atoms with E-state index in [1.54, 1.807) is 0 Å². The Morgan fingerprint density at radius 3 is 2.20 bits per heavy atom. The smallest absolute Gasteiger partial charge is 0.243 e. The fraction of sp³-hybridized carbons (Fsp3) is 0.818. The van der Waals surface area contributed by atoms with Gasteiger partial charge in [-0.2, -0.15) is 4.98 Å². The molecule has 0 radical (unpaired) electrons. The summed E-state index contributed by atoms with van der Waals surface area (Å²) in [6.45, 7) is 12.5. The van der Waals surface area contributed by atoms with Gasteiger partial charge >= 0.3 is 0 Å². The van der Waals surface area contributed by atoms with Gasteiger partial charge in [-0.1, -0.05) is 32.9 Å². The van der Waals surface area contributed by atoms with E-state index >= 15 is 0 Å². The summed E-state index contributed by atoms with van der Waals surface area (Å²) in [6.07, 6.45) is 0. The van der Waals surface area contributed by atoms with Crippen LogP contribution in [0.4, 0.5) is 0 Å². The van der Waals surface area contributed by atoms with Crippen LogP contribution in [0.3, 0.4) is 0 Å². The van der Waals surface area contributed by atoms with E-state index in [4.69, 9.17) is 4.52 Å². The van der Waals surface area contributed by atoms with Gasteiger partial charge in [0.1, 0.15) is 0 Å². The van der Waals surface area contributed by atoms with Gasteiger partial charge in [0.25, 0.3) is 0 Å². The average Bonchev–Trinajstić information content (AvgIpc) is 2.68. The highest BCUT2D eigenvalue weighted by atomic mass is 16.5. The van der Waals surface area contributed by atoms with Gasteiger partial charge < -0.3 is 4.52 Å². The first-order valence-electron chi connectivity index (χ1n) is 5.67. The van der Waals surface area contributed by atoms with Gasteiger partial charge in [0.05, 0.1) is 6.04 Å². The highest BCUT2D eigenvalue weighted by Crippen LogP contribution is 2.19. The van der Waals surface area contributed by atoms with Crippen molar-refractivity contribution in [1.82, 2.24) is 15.0 Å². The number of nitrogens with zero attached hydrogens (tertiary/aromatic N) is 3. The van der Waals surface area contributed by atoms with Gasteiger partial charge in [-0.25, -0.2) is 0 Å². The van der Waals surface area contributed by atoms with E-state index in [0.717, 1.165) is 24.8 Å². The first kappa shape index (κ1) is 12.2. The van der Waals surface area contributed by atoms with Crippen LogP contribution in [0.1, 0.15) is 58.3 Å². The van der Waals surface area contributed by atoms with Crippen LogP contribution in [0.15, 0.2) is 4.52 Å². The number of aromatic nitrogens is 2. The minimum absolute atomic E-state index is 0.208. The molecule has 4 nitrogen and oxygen atoms in total. The maximum atomic E-state index is 5.27. The first-order valence-corrected chi connectivity index (χ1v) is 5.67. The summed E-state index contributed by atoms with van der Waals surface area (Å²) >= 11 is 0. The Hall–Kier alpha value is -0.900. The van der Waals surface area contributed by atoms with Crippen molar-refractivity contribution in [1.29, 1.82) is 0 Å². The monoisotopic (exact) mass is 211 g/mol. The first-order chi connectivity index (χ1) is 7.10. The summed E-state index contributed by atoms with van der Waals surface area (Å²) in [5.74, 6) is 1.85. The number of hydrogen-bond donors (Lipinski definition) is 0. The van der Waals surface area contributed by atoms with Crippen LogP contribution in [-0.4, -0.2) is 28.1 Å². The molecule has 1 unspecified atom stereocenters. The molecule has 15 heavy (non-hydrogen) atoms. The maximum Gasteiger partial charge on any atom is 0.243 e. The predicted octanol–water partition coefficient (Wildman–Crippen LogP) is 2.60. The Labute approximate surface area is 91.7 Å². The molecule has 0 saturated carbocycles. The summed E-state index contributed by atoms with van der Waals surface area (Å²) in [5, 5.41) is 3.97. The van der Waals surface area contributed by atoms with E-state index < -0.39 is 0 Å². The van der Waals surface area contributed by atoms with Gasteiger partial charge in [0, 0.05) is 5.92 Å². The van der Waals surface area contributed by atoms with Gasteiger partial charge in [-0.15, -0.1) is 0 Å². The lowest BCUT2D eigenvalue weighted by Crippen LogP contribution is -2.26. The van der Waals surface area contributed by atoms with Crippen molar-refractivity contribution in [3.05, 3.63) is 11.7 Å². The molecular formula is C11H21N3O. The third-order valence-electron chi connectivity index (χ3n) is 2.69. The van der Waals surface area contributed by atoms with Crippen molar-refractivity contribution in [3.8, 4) is 0 Å². The summed E-state index contributed by atoms with van der Waals surface area (Å²) < 4.78 is 5.27.